The van der Waals surface area contributed by atoms with Crippen LogP contribution in [0.15, 0.2) is 60.7 Å². The average molecular weight is 415 g/mol. The molecule has 2 aromatic carbocycles. The number of carbonyl (C=O) groups excluding carboxylic acids is 3. The molecule has 0 unspecified atom stereocenters. The van der Waals surface area contributed by atoms with E-state index in [-0.39, 0.29) is 23.7 Å². The van der Waals surface area contributed by atoms with Gasteiger partial charge in [-0.2, -0.15) is 0 Å². The van der Waals surface area contributed by atoms with Crippen molar-refractivity contribution in [3.63, 3.8) is 0 Å². The fraction of sp³-hybridized carbons (Fsp3) is 0.320. The number of allylic oxidation sites excluding steroid dienone is 2. The standard InChI is InChI=1S/C25H24N2O4/c28-23(21-17-7-8-18(14-17)22(21)25(30)31)26-19-11-9-16(10-12-19)24(29)27-13-3-5-15-4-1-2-6-20(15)27/h1-2,4,6-12,17-18,21-22H,3,5,13-14H2,(H,26,28)(H,30,31)/p-1/t17-,18-,21-,22-/m0/s1. The van der Waals surface area contributed by atoms with E-state index in [0.717, 1.165) is 18.5 Å². The molecule has 6 heteroatoms. The number of aliphatic carboxylic acids is 1. The quantitative estimate of drug-likeness (QED) is 0.777. The monoisotopic (exact) mass is 415 g/mol. The largest absolute Gasteiger partial charge is 0.550 e. The second kappa shape index (κ2) is 7.69. The van der Waals surface area contributed by atoms with E-state index < -0.39 is 17.8 Å². The van der Waals surface area contributed by atoms with E-state index in [1.165, 1.54) is 5.56 Å². The van der Waals surface area contributed by atoms with E-state index in [4.69, 9.17) is 0 Å². The van der Waals surface area contributed by atoms with Crippen molar-refractivity contribution >= 4 is 29.2 Å². The lowest BCUT2D eigenvalue weighted by atomic mass is 9.82. The Bertz CT molecular complexity index is 1080. The summed E-state index contributed by atoms with van der Waals surface area (Å²) < 4.78 is 0. The predicted molar refractivity (Wildman–Crippen MR) is 114 cm³/mol. The molecule has 3 aliphatic rings. The molecule has 5 rings (SSSR count). The number of aryl methyl sites for hydroxylation is 1. The van der Waals surface area contributed by atoms with Crippen LogP contribution in [0.1, 0.15) is 28.8 Å². The number of nitrogens with one attached hydrogen (secondary N) is 1. The van der Waals surface area contributed by atoms with Crippen molar-refractivity contribution < 1.29 is 19.5 Å². The van der Waals surface area contributed by atoms with Crippen LogP contribution in [0.4, 0.5) is 11.4 Å². The number of nitrogens with zero attached hydrogens (tertiary/aromatic N) is 1. The number of carboxylic acid groups (broad SMARTS) is 1. The summed E-state index contributed by atoms with van der Waals surface area (Å²) in [6, 6.07) is 14.7. The molecule has 1 N–H and O–H groups in total. The zero-order valence-corrected chi connectivity index (χ0v) is 17.0. The van der Waals surface area contributed by atoms with Gasteiger partial charge in [-0.05, 0) is 67.0 Å². The third-order valence-electron chi connectivity index (χ3n) is 6.79. The molecular formula is C25H23N2O4-. The molecule has 1 heterocycles. The van der Waals surface area contributed by atoms with Gasteiger partial charge in [0.15, 0.2) is 0 Å². The molecule has 1 fully saturated rings. The summed E-state index contributed by atoms with van der Waals surface area (Å²) in [5.41, 5.74) is 3.22. The highest BCUT2D eigenvalue weighted by Crippen LogP contribution is 2.48. The normalized spacial score (nSPS) is 25.9. The summed E-state index contributed by atoms with van der Waals surface area (Å²) in [6.45, 7) is 0.677. The van der Waals surface area contributed by atoms with Crippen LogP contribution >= 0.6 is 0 Å². The lowest BCUT2D eigenvalue weighted by Gasteiger charge is -2.29. The molecule has 1 saturated carbocycles. The minimum atomic E-state index is -1.17. The first-order chi connectivity index (χ1) is 15.0. The van der Waals surface area contributed by atoms with Crippen LogP contribution in [0.2, 0.25) is 0 Å². The number of anilines is 2. The van der Waals surface area contributed by atoms with E-state index in [1.807, 2.05) is 30.4 Å². The second-order valence-corrected chi connectivity index (χ2v) is 8.57. The number of rotatable bonds is 4. The smallest absolute Gasteiger partial charge is 0.258 e. The molecule has 1 aliphatic heterocycles. The van der Waals surface area contributed by atoms with Crippen molar-refractivity contribution in [2.75, 3.05) is 16.8 Å². The van der Waals surface area contributed by atoms with E-state index in [0.29, 0.717) is 24.2 Å². The van der Waals surface area contributed by atoms with Crippen molar-refractivity contribution in [2.24, 2.45) is 23.7 Å². The fourth-order valence-electron chi connectivity index (χ4n) is 5.32. The summed E-state index contributed by atoms with van der Waals surface area (Å²) in [5, 5.41) is 14.4. The van der Waals surface area contributed by atoms with Gasteiger partial charge in [0.25, 0.3) is 5.91 Å². The zero-order valence-electron chi connectivity index (χ0n) is 17.0. The van der Waals surface area contributed by atoms with Crippen LogP contribution < -0.4 is 15.3 Å². The third kappa shape index (κ3) is 3.42. The van der Waals surface area contributed by atoms with E-state index >= 15 is 0 Å². The first-order valence-electron chi connectivity index (χ1n) is 10.7. The van der Waals surface area contributed by atoms with Gasteiger partial charge in [-0.3, -0.25) is 9.59 Å². The van der Waals surface area contributed by atoms with Crippen LogP contribution in [0.3, 0.4) is 0 Å². The van der Waals surface area contributed by atoms with Gasteiger partial charge in [0.1, 0.15) is 0 Å². The van der Waals surface area contributed by atoms with Crippen LogP contribution in [0.5, 0.6) is 0 Å². The fourth-order valence-corrected chi connectivity index (χ4v) is 5.32. The molecule has 6 nitrogen and oxygen atoms in total. The molecule has 0 saturated heterocycles. The maximum Gasteiger partial charge on any atom is 0.258 e. The molecule has 158 valence electrons. The van der Waals surface area contributed by atoms with Gasteiger partial charge in [0.05, 0.1) is 5.92 Å². The topological polar surface area (TPSA) is 89.5 Å². The highest BCUT2D eigenvalue weighted by atomic mass is 16.4. The van der Waals surface area contributed by atoms with Gasteiger partial charge in [0, 0.05) is 35.4 Å². The van der Waals surface area contributed by atoms with Crippen molar-refractivity contribution in [2.45, 2.75) is 19.3 Å². The second-order valence-electron chi connectivity index (χ2n) is 8.57. The summed E-state index contributed by atoms with van der Waals surface area (Å²) in [6.07, 6.45) is 6.40. The molecule has 0 aromatic heterocycles. The maximum absolute atomic E-state index is 13.1. The summed E-state index contributed by atoms with van der Waals surface area (Å²) in [7, 11) is 0. The highest BCUT2D eigenvalue weighted by Gasteiger charge is 2.48. The van der Waals surface area contributed by atoms with Gasteiger partial charge >= 0.3 is 0 Å². The van der Waals surface area contributed by atoms with Gasteiger partial charge in [0.2, 0.25) is 5.91 Å². The molecule has 0 radical (unpaired) electrons. The number of hydrogen-bond acceptors (Lipinski definition) is 4. The van der Waals surface area contributed by atoms with Gasteiger partial charge in [-0.1, -0.05) is 30.4 Å². The molecule has 0 spiro atoms. The van der Waals surface area contributed by atoms with Crippen LogP contribution in [-0.2, 0) is 16.0 Å². The van der Waals surface area contributed by atoms with Gasteiger partial charge < -0.3 is 20.1 Å². The Hall–Kier alpha value is -3.41. The minimum absolute atomic E-state index is 0.0621. The first kappa shape index (κ1) is 19.5. The maximum atomic E-state index is 13.1. The lowest BCUT2D eigenvalue weighted by Crippen LogP contribution is -2.42. The van der Waals surface area contributed by atoms with E-state index in [2.05, 4.69) is 11.4 Å². The molecule has 2 amide bonds. The zero-order chi connectivity index (χ0) is 21.5. The molecule has 2 bridgehead atoms. The Labute approximate surface area is 180 Å². The van der Waals surface area contributed by atoms with Crippen LogP contribution in [0.25, 0.3) is 0 Å². The van der Waals surface area contributed by atoms with Crippen molar-refractivity contribution in [1.82, 2.24) is 0 Å². The number of carbonyl (C=O) groups is 3. The average Bonchev–Trinajstić information content (AvgIpc) is 3.41. The Kier molecular flexibility index (Phi) is 4.85. The summed E-state index contributed by atoms with van der Waals surface area (Å²) in [5.74, 6) is -3.14. The Morgan fingerprint density at radius 2 is 1.65 bits per heavy atom. The Balaban J connectivity index is 1.30. The third-order valence-corrected chi connectivity index (χ3v) is 6.79. The Morgan fingerprint density at radius 1 is 0.935 bits per heavy atom. The van der Waals surface area contributed by atoms with Gasteiger partial charge in [-0.25, -0.2) is 0 Å². The Morgan fingerprint density at radius 3 is 2.39 bits per heavy atom. The van der Waals surface area contributed by atoms with Crippen molar-refractivity contribution in [1.29, 1.82) is 0 Å². The number of benzene rings is 2. The lowest BCUT2D eigenvalue weighted by molar-refractivity contribution is -0.313. The number of hydrogen-bond donors (Lipinski definition) is 1. The molecule has 31 heavy (non-hydrogen) atoms. The molecule has 2 aliphatic carbocycles. The van der Waals surface area contributed by atoms with E-state index in [1.54, 1.807) is 29.2 Å². The number of fused-ring (bicyclic) bond motifs is 3. The van der Waals surface area contributed by atoms with Crippen molar-refractivity contribution in [3.05, 3.63) is 71.8 Å². The van der Waals surface area contributed by atoms with Crippen molar-refractivity contribution in [3.8, 4) is 0 Å². The minimum Gasteiger partial charge on any atom is -0.550 e. The summed E-state index contributed by atoms with van der Waals surface area (Å²) in [4.78, 5) is 39.2. The van der Waals surface area contributed by atoms with Crippen LogP contribution in [-0.4, -0.2) is 24.3 Å². The van der Waals surface area contributed by atoms with E-state index in [9.17, 15) is 19.5 Å². The number of amides is 2. The molecule has 2 aromatic rings. The molecular weight excluding hydrogens is 392 g/mol. The number of para-hydroxylation sites is 1. The van der Waals surface area contributed by atoms with Crippen LogP contribution in [0, 0.1) is 23.7 Å². The predicted octanol–water partition coefficient (Wildman–Crippen LogP) is 2.41. The SMILES string of the molecule is O=C([O-])[C@@H]1[C@@H](C(=O)Nc2ccc(C(=O)N3CCCc4ccccc43)cc2)[C@H]2C=C[C@H]1C2. The summed E-state index contributed by atoms with van der Waals surface area (Å²) >= 11 is 0. The molecule has 4 atom stereocenters. The highest BCUT2D eigenvalue weighted by molar-refractivity contribution is 6.07. The van der Waals surface area contributed by atoms with Gasteiger partial charge in [-0.15, -0.1) is 0 Å². The number of carboxylic acids is 1. The first-order valence-corrected chi connectivity index (χ1v) is 10.7.